The maximum Gasteiger partial charge on any atom is 0.257 e. The number of rotatable bonds is 4. The Bertz CT molecular complexity index is 1210. The van der Waals surface area contributed by atoms with Crippen LogP contribution in [-0.2, 0) is 0 Å². The zero-order valence-corrected chi connectivity index (χ0v) is 16.0. The van der Waals surface area contributed by atoms with Crippen LogP contribution >= 0.6 is 0 Å². The zero-order chi connectivity index (χ0) is 20.4. The quantitative estimate of drug-likeness (QED) is 0.564. The number of pyridine rings is 1. The van der Waals surface area contributed by atoms with Crippen LogP contribution in [0.1, 0.15) is 26.3 Å². The number of aromatic nitrogens is 3. The van der Waals surface area contributed by atoms with Gasteiger partial charge in [0, 0.05) is 30.2 Å². The molecule has 7 heteroatoms. The Balaban J connectivity index is 1.59. The van der Waals surface area contributed by atoms with E-state index in [1.165, 1.54) is 6.20 Å². The number of para-hydroxylation sites is 1. The highest BCUT2D eigenvalue weighted by Gasteiger charge is 2.13. The van der Waals surface area contributed by atoms with Crippen LogP contribution in [0, 0.1) is 6.92 Å². The van der Waals surface area contributed by atoms with Crippen LogP contribution in [0.15, 0.2) is 67.1 Å². The second-order valence-corrected chi connectivity index (χ2v) is 6.58. The predicted molar refractivity (Wildman–Crippen MR) is 111 cm³/mol. The average molecular weight is 385 g/mol. The molecule has 4 rings (SSSR count). The molecule has 0 saturated heterocycles. The monoisotopic (exact) mass is 385 g/mol. The van der Waals surface area contributed by atoms with Gasteiger partial charge in [0.25, 0.3) is 11.8 Å². The van der Waals surface area contributed by atoms with Crippen LogP contribution in [-0.4, -0.2) is 33.4 Å². The lowest BCUT2D eigenvalue weighted by atomic mass is 10.1. The smallest absolute Gasteiger partial charge is 0.257 e. The van der Waals surface area contributed by atoms with Crippen molar-refractivity contribution in [3.05, 3.63) is 83.8 Å². The summed E-state index contributed by atoms with van der Waals surface area (Å²) >= 11 is 0. The van der Waals surface area contributed by atoms with E-state index in [0.717, 1.165) is 11.3 Å². The van der Waals surface area contributed by atoms with Crippen molar-refractivity contribution >= 4 is 28.7 Å². The summed E-state index contributed by atoms with van der Waals surface area (Å²) in [6.45, 7) is 1.84. The van der Waals surface area contributed by atoms with E-state index in [2.05, 4.69) is 20.6 Å². The first-order chi connectivity index (χ1) is 14.1. The number of nitrogens with one attached hydrogen (secondary N) is 2. The first kappa shape index (κ1) is 18.4. The van der Waals surface area contributed by atoms with Gasteiger partial charge in [-0.1, -0.05) is 18.2 Å². The topological polar surface area (TPSA) is 88.9 Å². The van der Waals surface area contributed by atoms with E-state index in [1.54, 1.807) is 37.6 Å². The maximum absolute atomic E-state index is 12.7. The van der Waals surface area contributed by atoms with E-state index in [9.17, 15) is 9.59 Å². The Morgan fingerprint density at radius 1 is 0.931 bits per heavy atom. The molecule has 2 heterocycles. The molecule has 7 nitrogen and oxygen atoms in total. The van der Waals surface area contributed by atoms with E-state index in [-0.39, 0.29) is 11.8 Å². The van der Waals surface area contributed by atoms with Gasteiger partial charge in [-0.2, -0.15) is 0 Å². The normalized spacial score (nSPS) is 10.7. The molecule has 2 N–H and O–H groups in total. The minimum Gasteiger partial charge on any atom is -0.355 e. The van der Waals surface area contributed by atoms with Crippen LogP contribution in [0.2, 0.25) is 0 Å². The van der Waals surface area contributed by atoms with E-state index in [1.807, 2.05) is 41.8 Å². The fraction of sp³-hybridized carbons (Fsp3) is 0.0909. The van der Waals surface area contributed by atoms with Gasteiger partial charge in [0.1, 0.15) is 11.8 Å². The molecule has 0 unspecified atom stereocenters. The summed E-state index contributed by atoms with van der Waals surface area (Å²) in [6.07, 6.45) is 3.23. The van der Waals surface area contributed by atoms with Crippen molar-refractivity contribution in [2.75, 3.05) is 12.4 Å². The number of carbonyl (C=O) groups excluding carboxylic acids is 2. The lowest BCUT2D eigenvalue weighted by molar-refractivity contribution is 0.0962. The van der Waals surface area contributed by atoms with E-state index < -0.39 is 0 Å². The molecule has 0 spiro atoms. The van der Waals surface area contributed by atoms with Gasteiger partial charge in [0.15, 0.2) is 5.65 Å². The second-order valence-electron chi connectivity index (χ2n) is 6.58. The lowest BCUT2D eigenvalue weighted by Gasteiger charge is -2.10. The fourth-order valence-corrected chi connectivity index (χ4v) is 3.09. The van der Waals surface area contributed by atoms with Crippen LogP contribution < -0.4 is 10.6 Å². The number of amides is 2. The molecular weight excluding hydrogens is 366 g/mol. The molecule has 0 aliphatic heterocycles. The minimum atomic E-state index is -0.288. The van der Waals surface area contributed by atoms with Crippen LogP contribution in [0.3, 0.4) is 0 Å². The molecule has 0 saturated carbocycles. The van der Waals surface area contributed by atoms with Crippen molar-refractivity contribution in [2.24, 2.45) is 0 Å². The number of aryl methyl sites for hydroxylation is 1. The maximum atomic E-state index is 12.7. The van der Waals surface area contributed by atoms with E-state index >= 15 is 0 Å². The molecule has 0 atom stereocenters. The van der Waals surface area contributed by atoms with Crippen molar-refractivity contribution in [2.45, 2.75) is 6.92 Å². The van der Waals surface area contributed by atoms with Gasteiger partial charge in [-0.05, 0) is 48.9 Å². The van der Waals surface area contributed by atoms with Gasteiger partial charge in [-0.25, -0.2) is 9.97 Å². The molecule has 4 aromatic rings. The third-order valence-corrected chi connectivity index (χ3v) is 4.65. The molecule has 29 heavy (non-hydrogen) atoms. The molecule has 144 valence electrons. The number of imidazole rings is 1. The summed E-state index contributed by atoms with van der Waals surface area (Å²) in [4.78, 5) is 33.2. The van der Waals surface area contributed by atoms with Crippen molar-refractivity contribution in [1.29, 1.82) is 0 Å². The Kier molecular flexibility index (Phi) is 4.78. The largest absolute Gasteiger partial charge is 0.355 e. The average Bonchev–Trinajstić information content (AvgIpc) is 3.18. The van der Waals surface area contributed by atoms with Gasteiger partial charge in [-0.3, -0.25) is 14.2 Å². The van der Waals surface area contributed by atoms with E-state index in [4.69, 9.17) is 0 Å². The minimum absolute atomic E-state index is 0.172. The number of nitrogens with zero attached hydrogens (tertiary/aromatic N) is 3. The summed E-state index contributed by atoms with van der Waals surface area (Å²) in [7, 11) is 1.58. The summed E-state index contributed by atoms with van der Waals surface area (Å²) in [5.74, 6) is -0.459. The second kappa shape index (κ2) is 7.55. The zero-order valence-electron chi connectivity index (χ0n) is 16.0. The number of benzene rings is 2. The Morgan fingerprint density at radius 3 is 2.45 bits per heavy atom. The predicted octanol–water partition coefficient (Wildman–Crippen LogP) is 3.34. The third kappa shape index (κ3) is 3.58. The molecule has 0 aliphatic rings. The molecule has 0 bridgehead atoms. The van der Waals surface area contributed by atoms with Gasteiger partial charge in [0.2, 0.25) is 0 Å². The standard InChI is InChI=1S/C22H19N5O2/c1-14-10-15(21(28)23-2)8-9-18(14)26-22(29)16-11-19-20(24-12-16)27(13-25-19)17-6-4-3-5-7-17/h3-13H,1-2H3,(H,23,28)(H,26,29). The van der Waals surface area contributed by atoms with E-state index in [0.29, 0.717) is 28.0 Å². The van der Waals surface area contributed by atoms with Gasteiger partial charge in [-0.15, -0.1) is 0 Å². The number of hydrogen-bond donors (Lipinski definition) is 2. The summed E-state index contributed by atoms with van der Waals surface area (Å²) in [5, 5.41) is 5.45. The third-order valence-electron chi connectivity index (χ3n) is 4.65. The summed E-state index contributed by atoms with van der Waals surface area (Å²) in [5.41, 5.74) is 4.64. The molecule has 0 aliphatic carbocycles. The van der Waals surface area contributed by atoms with Crippen molar-refractivity contribution in [1.82, 2.24) is 19.9 Å². The number of anilines is 1. The van der Waals surface area contributed by atoms with Crippen LogP contribution in [0.25, 0.3) is 16.9 Å². The summed E-state index contributed by atoms with van der Waals surface area (Å²) < 4.78 is 1.87. The molecule has 0 fully saturated rings. The fourth-order valence-electron chi connectivity index (χ4n) is 3.09. The van der Waals surface area contributed by atoms with Crippen LogP contribution in [0.5, 0.6) is 0 Å². The Morgan fingerprint density at radius 2 is 1.72 bits per heavy atom. The van der Waals surface area contributed by atoms with Crippen molar-refractivity contribution < 1.29 is 9.59 Å². The first-order valence-electron chi connectivity index (χ1n) is 9.09. The number of fused-ring (bicyclic) bond motifs is 1. The highest BCUT2D eigenvalue weighted by molar-refractivity contribution is 6.06. The molecule has 0 radical (unpaired) electrons. The van der Waals surface area contributed by atoms with Crippen LogP contribution in [0.4, 0.5) is 5.69 Å². The molecular formula is C22H19N5O2. The highest BCUT2D eigenvalue weighted by atomic mass is 16.2. The Hall–Kier alpha value is -4.00. The first-order valence-corrected chi connectivity index (χ1v) is 9.09. The van der Waals surface area contributed by atoms with Gasteiger partial charge < -0.3 is 10.6 Å². The molecule has 2 aromatic carbocycles. The Labute approximate surface area is 167 Å². The number of carbonyl (C=O) groups is 2. The summed E-state index contributed by atoms with van der Waals surface area (Å²) in [6, 6.07) is 16.6. The molecule has 2 aromatic heterocycles. The highest BCUT2D eigenvalue weighted by Crippen LogP contribution is 2.20. The molecule has 2 amide bonds. The number of hydrogen-bond acceptors (Lipinski definition) is 4. The SMILES string of the molecule is CNC(=O)c1ccc(NC(=O)c2cnc3c(c2)ncn3-c2ccccc2)c(C)c1. The van der Waals surface area contributed by atoms with Gasteiger partial charge in [0.05, 0.1) is 5.56 Å². The lowest BCUT2D eigenvalue weighted by Crippen LogP contribution is -2.18. The van der Waals surface area contributed by atoms with Crippen molar-refractivity contribution in [3.8, 4) is 5.69 Å². The van der Waals surface area contributed by atoms with Crippen molar-refractivity contribution in [3.63, 3.8) is 0 Å². The van der Waals surface area contributed by atoms with Gasteiger partial charge >= 0.3 is 0 Å².